The lowest BCUT2D eigenvalue weighted by Gasteiger charge is -2.17. The SMILES string of the molecule is COC(C)(C)/C=C\NC(=O)OCI. The van der Waals surface area contributed by atoms with Gasteiger partial charge < -0.3 is 9.47 Å². The second-order valence-electron chi connectivity index (χ2n) is 2.83. The first-order valence-electron chi connectivity index (χ1n) is 3.74. The number of carbonyl (C=O) groups excluding carboxylic acids is 1. The summed E-state index contributed by atoms with van der Waals surface area (Å²) in [6, 6.07) is 0. The van der Waals surface area contributed by atoms with E-state index in [4.69, 9.17) is 4.74 Å². The Labute approximate surface area is 91.8 Å². The van der Waals surface area contributed by atoms with Gasteiger partial charge in [0, 0.05) is 13.3 Å². The molecule has 0 aromatic heterocycles. The number of hydrogen-bond donors (Lipinski definition) is 1. The lowest BCUT2D eigenvalue weighted by atomic mass is 10.1. The zero-order valence-corrected chi connectivity index (χ0v) is 10.1. The van der Waals surface area contributed by atoms with Crippen LogP contribution in [0.25, 0.3) is 0 Å². The molecule has 76 valence electrons. The molecule has 0 aliphatic carbocycles. The first-order chi connectivity index (χ1) is 6.02. The summed E-state index contributed by atoms with van der Waals surface area (Å²) < 4.78 is 10.1. The van der Waals surface area contributed by atoms with Crippen molar-refractivity contribution in [3.63, 3.8) is 0 Å². The Morgan fingerprint density at radius 2 is 2.23 bits per heavy atom. The number of halogens is 1. The molecule has 0 fully saturated rings. The number of rotatable bonds is 4. The van der Waals surface area contributed by atoms with Crippen LogP contribution in [-0.4, -0.2) is 23.4 Å². The zero-order chi connectivity index (χ0) is 10.3. The van der Waals surface area contributed by atoms with Crippen LogP contribution in [-0.2, 0) is 9.47 Å². The van der Waals surface area contributed by atoms with Crippen molar-refractivity contribution >= 4 is 28.7 Å². The highest BCUT2D eigenvalue weighted by molar-refractivity contribution is 14.1. The standard InChI is InChI=1S/C8H14INO3/c1-8(2,12-3)4-5-10-7(11)13-6-9/h4-5H,6H2,1-3H3,(H,10,11)/b5-4-. The van der Waals surface area contributed by atoms with Crippen molar-refractivity contribution < 1.29 is 14.3 Å². The summed E-state index contributed by atoms with van der Waals surface area (Å²) in [5.41, 5.74) is -0.377. The molecule has 0 unspecified atom stereocenters. The van der Waals surface area contributed by atoms with Crippen molar-refractivity contribution in [1.82, 2.24) is 5.32 Å². The van der Waals surface area contributed by atoms with Crippen LogP contribution < -0.4 is 5.32 Å². The van der Waals surface area contributed by atoms with Gasteiger partial charge in [-0.3, -0.25) is 5.32 Å². The number of alkyl carbamates (subject to hydrolysis) is 1. The molecule has 0 aromatic rings. The number of amides is 1. The van der Waals surface area contributed by atoms with Gasteiger partial charge in [0.25, 0.3) is 0 Å². The molecule has 4 nitrogen and oxygen atoms in total. The Balaban J connectivity index is 3.81. The van der Waals surface area contributed by atoms with Gasteiger partial charge in [-0.05, 0) is 42.5 Å². The van der Waals surface area contributed by atoms with E-state index < -0.39 is 6.09 Å². The molecule has 0 aliphatic rings. The fraction of sp³-hybridized carbons (Fsp3) is 0.625. The van der Waals surface area contributed by atoms with Crippen LogP contribution >= 0.6 is 22.6 Å². The lowest BCUT2D eigenvalue weighted by molar-refractivity contribution is 0.0652. The van der Waals surface area contributed by atoms with E-state index >= 15 is 0 Å². The topological polar surface area (TPSA) is 47.6 Å². The van der Waals surface area contributed by atoms with Crippen molar-refractivity contribution in [2.24, 2.45) is 0 Å². The van der Waals surface area contributed by atoms with Gasteiger partial charge in [-0.15, -0.1) is 0 Å². The summed E-state index contributed by atoms with van der Waals surface area (Å²) in [6.07, 6.45) is 2.79. The van der Waals surface area contributed by atoms with E-state index in [1.54, 1.807) is 13.2 Å². The molecule has 0 heterocycles. The quantitative estimate of drug-likeness (QED) is 0.638. The van der Waals surface area contributed by atoms with Gasteiger partial charge in [0.2, 0.25) is 0 Å². The Bertz CT molecular complexity index is 192. The Morgan fingerprint density at radius 3 is 2.69 bits per heavy atom. The van der Waals surface area contributed by atoms with Gasteiger partial charge in [-0.25, -0.2) is 4.79 Å². The number of methoxy groups -OCH3 is 1. The molecule has 0 saturated heterocycles. The lowest BCUT2D eigenvalue weighted by Crippen LogP contribution is -2.22. The molecule has 0 bridgehead atoms. The summed E-state index contributed by atoms with van der Waals surface area (Å²) in [5, 5.41) is 2.45. The van der Waals surface area contributed by atoms with Crippen LogP contribution in [0.4, 0.5) is 4.79 Å². The first-order valence-corrected chi connectivity index (χ1v) is 5.26. The molecule has 5 heteroatoms. The third-order valence-corrected chi connectivity index (χ3v) is 1.71. The fourth-order valence-electron chi connectivity index (χ4n) is 0.470. The predicted octanol–water partition coefficient (Wildman–Crippen LogP) is 2.04. The van der Waals surface area contributed by atoms with E-state index in [9.17, 15) is 4.79 Å². The van der Waals surface area contributed by atoms with Crippen LogP contribution in [0.2, 0.25) is 0 Å². The normalized spacial score (nSPS) is 11.7. The Hall–Kier alpha value is -0.300. The molecule has 13 heavy (non-hydrogen) atoms. The summed E-state index contributed by atoms with van der Waals surface area (Å²) in [6.45, 7) is 3.77. The third kappa shape index (κ3) is 6.83. The minimum Gasteiger partial charge on any atom is -0.439 e. The highest BCUT2D eigenvalue weighted by Crippen LogP contribution is 2.07. The van der Waals surface area contributed by atoms with Crippen molar-refractivity contribution in [1.29, 1.82) is 0 Å². The molecule has 0 atom stereocenters. The van der Waals surface area contributed by atoms with Crippen LogP contribution in [0.3, 0.4) is 0 Å². The van der Waals surface area contributed by atoms with Gasteiger partial charge in [-0.1, -0.05) is 0 Å². The monoisotopic (exact) mass is 299 g/mol. The van der Waals surface area contributed by atoms with Crippen LogP contribution in [0.15, 0.2) is 12.3 Å². The van der Waals surface area contributed by atoms with E-state index in [0.29, 0.717) is 4.61 Å². The Morgan fingerprint density at radius 1 is 1.62 bits per heavy atom. The van der Waals surface area contributed by atoms with E-state index in [-0.39, 0.29) is 5.60 Å². The zero-order valence-electron chi connectivity index (χ0n) is 7.96. The van der Waals surface area contributed by atoms with Gasteiger partial charge >= 0.3 is 6.09 Å². The van der Waals surface area contributed by atoms with Gasteiger partial charge in [0.15, 0.2) is 0 Å². The number of alkyl halides is 1. The smallest absolute Gasteiger partial charge is 0.411 e. The molecule has 0 saturated carbocycles. The van der Waals surface area contributed by atoms with Gasteiger partial charge in [0.05, 0.1) is 5.60 Å². The van der Waals surface area contributed by atoms with Crippen LogP contribution in [0, 0.1) is 0 Å². The number of carbonyl (C=O) groups is 1. The van der Waals surface area contributed by atoms with Crippen molar-refractivity contribution in [3.05, 3.63) is 12.3 Å². The summed E-state index contributed by atoms with van der Waals surface area (Å²) in [4.78, 5) is 10.8. The maximum absolute atomic E-state index is 10.8. The molecular weight excluding hydrogens is 285 g/mol. The van der Waals surface area contributed by atoms with Gasteiger partial charge in [-0.2, -0.15) is 0 Å². The molecule has 0 spiro atoms. The molecule has 1 N–H and O–H groups in total. The molecule has 0 aromatic carbocycles. The predicted molar refractivity (Wildman–Crippen MR) is 58.7 cm³/mol. The van der Waals surface area contributed by atoms with E-state index in [1.165, 1.54) is 6.20 Å². The number of hydrogen-bond acceptors (Lipinski definition) is 3. The van der Waals surface area contributed by atoms with Crippen LogP contribution in [0.1, 0.15) is 13.8 Å². The van der Waals surface area contributed by atoms with E-state index in [2.05, 4.69) is 10.1 Å². The molecule has 0 radical (unpaired) electrons. The second-order valence-corrected chi connectivity index (χ2v) is 3.45. The highest BCUT2D eigenvalue weighted by atomic mass is 127. The third-order valence-electron chi connectivity index (χ3n) is 1.40. The van der Waals surface area contributed by atoms with Gasteiger partial charge in [0.1, 0.15) is 4.61 Å². The summed E-state index contributed by atoms with van der Waals surface area (Å²) in [5.74, 6) is 0. The van der Waals surface area contributed by atoms with E-state index in [1.807, 2.05) is 36.4 Å². The van der Waals surface area contributed by atoms with Crippen molar-refractivity contribution in [2.45, 2.75) is 19.4 Å². The fourth-order valence-corrected chi connectivity index (χ4v) is 0.752. The van der Waals surface area contributed by atoms with Crippen molar-refractivity contribution in [3.8, 4) is 0 Å². The summed E-state index contributed by atoms with van der Waals surface area (Å²) >= 11 is 1.95. The maximum Gasteiger partial charge on any atom is 0.411 e. The molecule has 0 rings (SSSR count). The van der Waals surface area contributed by atoms with Crippen molar-refractivity contribution in [2.75, 3.05) is 11.7 Å². The average molecular weight is 299 g/mol. The van der Waals surface area contributed by atoms with Crippen LogP contribution in [0.5, 0.6) is 0 Å². The number of ether oxygens (including phenoxy) is 2. The summed E-state index contributed by atoms with van der Waals surface area (Å²) in [7, 11) is 1.60. The maximum atomic E-state index is 10.8. The molecule has 0 aliphatic heterocycles. The average Bonchev–Trinajstić information content (AvgIpc) is 2.05. The second kappa shape index (κ2) is 6.20. The first kappa shape index (κ1) is 12.7. The van der Waals surface area contributed by atoms with E-state index in [0.717, 1.165) is 0 Å². The Kier molecular flexibility index (Phi) is 6.06. The minimum atomic E-state index is -0.461. The molecule has 1 amide bonds. The number of nitrogens with one attached hydrogen (secondary N) is 1. The largest absolute Gasteiger partial charge is 0.439 e. The molecular formula is C8H14INO3. The highest BCUT2D eigenvalue weighted by Gasteiger charge is 2.10. The minimum absolute atomic E-state index is 0.338.